The molecule has 3 nitrogen and oxygen atoms in total. The zero-order chi connectivity index (χ0) is 20.8. The SMILES string of the molecule is CSc1ccc(-c2ccccc2C(=O)Nc2ccc(Cc3ccccn3)cc2)cc1. The maximum absolute atomic E-state index is 13.0. The Bertz CT molecular complexity index is 1120. The number of benzene rings is 3. The molecular weight excluding hydrogens is 388 g/mol. The van der Waals surface area contributed by atoms with E-state index in [1.54, 1.807) is 18.0 Å². The predicted molar refractivity (Wildman–Crippen MR) is 125 cm³/mol. The van der Waals surface area contributed by atoms with Gasteiger partial charge in [-0.2, -0.15) is 0 Å². The third-order valence-corrected chi connectivity index (χ3v) is 5.64. The Kier molecular flexibility index (Phi) is 6.26. The van der Waals surface area contributed by atoms with E-state index < -0.39 is 0 Å². The van der Waals surface area contributed by atoms with E-state index in [4.69, 9.17) is 0 Å². The Morgan fingerprint density at radius 3 is 2.30 bits per heavy atom. The second-order valence-electron chi connectivity index (χ2n) is 6.92. The minimum absolute atomic E-state index is 0.114. The molecule has 0 fully saturated rings. The molecule has 0 aliphatic heterocycles. The molecule has 1 amide bonds. The predicted octanol–water partition coefficient (Wildman–Crippen LogP) is 6.31. The average molecular weight is 411 g/mol. The van der Waals surface area contributed by atoms with Crippen LogP contribution in [0.3, 0.4) is 0 Å². The van der Waals surface area contributed by atoms with Gasteiger partial charge in [-0.15, -0.1) is 11.8 Å². The smallest absolute Gasteiger partial charge is 0.256 e. The van der Waals surface area contributed by atoms with Crippen LogP contribution in [0.15, 0.2) is 102 Å². The second kappa shape index (κ2) is 9.42. The lowest BCUT2D eigenvalue weighted by Crippen LogP contribution is -2.13. The van der Waals surface area contributed by atoms with Crippen LogP contribution >= 0.6 is 11.8 Å². The van der Waals surface area contributed by atoms with Crippen molar-refractivity contribution < 1.29 is 4.79 Å². The number of nitrogens with zero attached hydrogens (tertiary/aromatic N) is 1. The Morgan fingerprint density at radius 2 is 1.60 bits per heavy atom. The monoisotopic (exact) mass is 410 g/mol. The largest absolute Gasteiger partial charge is 0.322 e. The first-order valence-electron chi connectivity index (χ1n) is 9.76. The Balaban J connectivity index is 1.50. The van der Waals surface area contributed by atoms with Gasteiger partial charge in [-0.1, -0.05) is 48.5 Å². The van der Waals surface area contributed by atoms with Gasteiger partial charge in [-0.25, -0.2) is 0 Å². The summed E-state index contributed by atoms with van der Waals surface area (Å²) in [6.07, 6.45) is 4.62. The van der Waals surface area contributed by atoms with Crippen LogP contribution in [-0.4, -0.2) is 17.1 Å². The third kappa shape index (κ3) is 4.78. The van der Waals surface area contributed by atoms with Crippen molar-refractivity contribution in [3.05, 3.63) is 114 Å². The molecule has 0 bridgehead atoms. The number of carbonyl (C=O) groups excluding carboxylic acids is 1. The summed E-state index contributed by atoms with van der Waals surface area (Å²) >= 11 is 1.70. The molecule has 0 aliphatic rings. The molecule has 1 heterocycles. The normalized spacial score (nSPS) is 10.6. The molecule has 148 valence electrons. The van der Waals surface area contributed by atoms with Crippen LogP contribution in [0.4, 0.5) is 5.69 Å². The molecular formula is C26H22N2OS. The summed E-state index contributed by atoms with van der Waals surface area (Å²) in [4.78, 5) is 18.5. The molecule has 0 aliphatic carbocycles. The average Bonchev–Trinajstić information content (AvgIpc) is 2.81. The van der Waals surface area contributed by atoms with Crippen LogP contribution in [0.1, 0.15) is 21.6 Å². The van der Waals surface area contributed by atoms with Crippen LogP contribution in [0, 0.1) is 0 Å². The van der Waals surface area contributed by atoms with Gasteiger partial charge >= 0.3 is 0 Å². The van der Waals surface area contributed by atoms with Crippen molar-refractivity contribution in [2.45, 2.75) is 11.3 Å². The summed E-state index contributed by atoms with van der Waals surface area (Å²) in [5.74, 6) is -0.114. The van der Waals surface area contributed by atoms with Crippen molar-refractivity contribution >= 4 is 23.4 Å². The van der Waals surface area contributed by atoms with Crippen molar-refractivity contribution in [3.63, 3.8) is 0 Å². The lowest BCUT2D eigenvalue weighted by Gasteiger charge is -2.11. The molecule has 4 heteroatoms. The van der Waals surface area contributed by atoms with Gasteiger partial charge < -0.3 is 5.32 Å². The minimum Gasteiger partial charge on any atom is -0.322 e. The summed E-state index contributed by atoms with van der Waals surface area (Å²) < 4.78 is 0. The second-order valence-corrected chi connectivity index (χ2v) is 7.80. The Hall–Kier alpha value is -3.37. The number of anilines is 1. The van der Waals surface area contributed by atoms with Crippen LogP contribution in [0.2, 0.25) is 0 Å². The van der Waals surface area contributed by atoms with Gasteiger partial charge in [0.05, 0.1) is 0 Å². The first-order valence-corrected chi connectivity index (χ1v) is 11.0. The molecule has 0 saturated heterocycles. The van der Waals surface area contributed by atoms with E-state index >= 15 is 0 Å². The molecule has 3 aromatic carbocycles. The fraction of sp³-hybridized carbons (Fsp3) is 0.0769. The fourth-order valence-electron chi connectivity index (χ4n) is 3.32. The van der Waals surface area contributed by atoms with Gasteiger partial charge in [0, 0.05) is 34.5 Å². The van der Waals surface area contributed by atoms with E-state index in [1.165, 1.54) is 4.90 Å². The van der Waals surface area contributed by atoms with Crippen molar-refractivity contribution in [2.24, 2.45) is 0 Å². The first kappa shape index (κ1) is 19.9. The maximum atomic E-state index is 13.0. The summed E-state index contributed by atoms with van der Waals surface area (Å²) in [6, 6.07) is 29.8. The molecule has 0 radical (unpaired) electrons. The van der Waals surface area contributed by atoms with E-state index in [2.05, 4.69) is 40.8 Å². The first-order chi connectivity index (χ1) is 14.7. The number of carbonyl (C=O) groups is 1. The molecule has 1 N–H and O–H groups in total. The number of rotatable bonds is 6. The summed E-state index contributed by atoms with van der Waals surface area (Å²) in [5.41, 5.74) is 5.57. The van der Waals surface area contributed by atoms with Crippen molar-refractivity contribution in [1.82, 2.24) is 4.98 Å². The molecule has 4 aromatic rings. The van der Waals surface area contributed by atoms with Gasteiger partial charge in [0.2, 0.25) is 0 Å². The highest BCUT2D eigenvalue weighted by Gasteiger charge is 2.13. The highest BCUT2D eigenvalue weighted by molar-refractivity contribution is 7.98. The third-order valence-electron chi connectivity index (χ3n) is 4.90. The van der Waals surface area contributed by atoms with Crippen LogP contribution in [0.5, 0.6) is 0 Å². The topological polar surface area (TPSA) is 42.0 Å². The quantitative estimate of drug-likeness (QED) is 0.379. The van der Waals surface area contributed by atoms with Gasteiger partial charge in [-0.05, 0) is 65.4 Å². The number of pyridine rings is 1. The van der Waals surface area contributed by atoms with E-state index in [0.717, 1.165) is 34.5 Å². The number of hydrogen-bond acceptors (Lipinski definition) is 3. The fourth-order valence-corrected chi connectivity index (χ4v) is 3.73. The van der Waals surface area contributed by atoms with Gasteiger partial charge in [0.25, 0.3) is 5.91 Å². The van der Waals surface area contributed by atoms with E-state index in [9.17, 15) is 4.79 Å². The van der Waals surface area contributed by atoms with Gasteiger partial charge in [0.15, 0.2) is 0 Å². The molecule has 30 heavy (non-hydrogen) atoms. The Morgan fingerprint density at radius 1 is 0.867 bits per heavy atom. The molecule has 1 aromatic heterocycles. The van der Waals surface area contributed by atoms with Crippen LogP contribution < -0.4 is 5.32 Å². The zero-order valence-electron chi connectivity index (χ0n) is 16.7. The summed E-state index contributed by atoms with van der Waals surface area (Å²) in [7, 11) is 0. The van der Waals surface area contributed by atoms with Crippen LogP contribution in [-0.2, 0) is 6.42 Å². The Labute approximate surface area is 181 Å². The molecule has 0 unspecified atom stereocenters. The number of hydrogen-bond donors (Lipinski definition) is 1. The molecule has 0 spiro atoms. The summed E-state index contributed by atoms with van der Waals surface area (Å²) in [6.45, 7) is 0. The number of thioether (sulfide) groups is 1. The maximum Gasteiger partial charge on any atom is 0.256 e. The van der Waals surface area contributed by atoms with E-state index in [1.807, 2.05) is 66.7 Å². The van der Waals surface area contributed by atoms with Gasteiger partial charge in [-0.3, -0.25) is 9.78 Å². The lowest BCUT2D eigenvalue weighted by molar-refractivity contribution is 0.102. The van der Waals surface area contributed by atoms with Crippen molar-refractivity contribution in [2.75, 3.05) is 11.6 Å². The molecule has 4 rings (SSSR count). The number of amides is 1. The van der Waals surface area contributed by atoms with Crippen molar-refractivity contribution in [1.29, 1.82) is 0 Å². The van der Waals surface area contributed by atoms with Crippen molar-refractivity contribution in [3.8, 4) is 11.1 Å². The number of nitrogens with one attached hydrogen (secondary N) is 1. The van der Waals surface area contributed by atoms with E-state index in [0.29, 0.717) is 5.56 Å². The minimum atomic E-state index is -0.114. The van der Waals surface area contributed by atoms with Crippen LogP contribution in [0.25, 0.3) is 11.1 Å². The van der Waals surface area contributed by atoms with Gasteiger partial charge in [0.1, 0.15) is 0 Å². The van der Waals surface area contributed by atoms with E-state index in [-0.39, 0.29) is 5.91 Å². The standard InChI is InChI=1S/C26H22N2OS/c1-30-23-15-11-20(12-16-23)24-7-2-3-8-25(24)26(29)28-21-13-9-19(10-14-21)18-22-6-4-5-17-27-22/h2-17H,18H2,1H3,(H,28,29). The highest BCUT2D eigenvalue weighted by Crippen LogP contribution is 2.27. The molecule has 0 saturated carbocycles. The zero-order valence-corrected chi connectivity index (χ0v) is 17.5. The summed E-state index contributed by atoms with van der Waals surface area (Å²) in [5, 5.41) is 3.02. The molecule has 0 atom stereocenters. The number of aromatic nitrogens is 1. The highest BCUT2D eigenvalue weighted by atomic mass is 32.2. The lowest BCUT2D eigenvalue weighted by atomic mass is 9.99.